The van der Waals surface area contributed by atoms with Gasteiger partial charge in [0.15, 0.2) is 0 Å². The molecular formula is C13H30N2O. The summed E-state index contributed by atoms with van der Waals surface area (Å²) in [5, 5.41) is 0. The molecule has 4 unspecified atom stereocenters. The maximum absolute atomic E-state index is 6.20. The maximum atomic E-state index is 6.20. The van der Waals surface area contributed by atoms with Crippen LogP contribution in [0.2, 0.25) is 0 Å². The molecule has 0 saturated carbocycles. The van der Waals surface area contributed by atoms with Crippen molar-refractivity contribution in [3.8, 4) is 0 Å². The normalized spacial score (nSPS) is 23.2. The average molecular weight is 230 g/mol. The summed E-state index contributed by atoms with van der Waals surface area (Å²) >= 11 is 0. The molecular weight excluding hydrogens is 200 g/mol. The second kappa shape index (κ2) is 5.99. The van der Waals surface area contributed by atoms with Gasteiger partial charge in [0.25, 0.3) is 0 Å². The zero-order valence-corrected chi connectivity index (χ0v) is 11.8. The van der Waals surface area contributed by atoms with Gasteiger partial charge in [-0.2, -0.15) is 0 Å². The van der Waals surface area contributed by atoms with E-state index in [1.165, 1.54) is 0 Å². The summed E-state index contributed by atoms with van der Waals surface area (Å²) < 4.78 is 5.99. The van der Waals surface area contributed by atoms with Gasteiger partial charge < -0.3 is 16.2 Å². The Morgan fingerprint density at radius 1 is 1.12 bits per heavy atom. The largest absolute Gasteiger partial charge is 0.373 e. The lowest BCUT2D eigenvalue weighted by Crippen LogP contribution is -2.49. The van der Waals surface area contributed by atoms with Gasteiger partial charge in [0.05, 0.1) is 12.2 Å². The molecule has 0 amide bonds. The van der Waals surface area contributed by atoms with E-state index >= 15 is 0 Å². The van der Waals surface area contributed by atoms with Crippen molar-refractivity contribution in [3.05, 3.63) is 0 Å². The van der Waals surface area contributed by atoms with Crippen molar-refractivity contribution in [1.82, 2.24) is 0 Å². The molecule has 0 heterocycles. The molecule has 0 radical (unpaired) electrons. The zero-order valence-electron chi connectivity index (χ0n) is 11.8. The number of nitrogens with two attached hydrogens (primary N) is 2. The third kappa shape index (κ3) is 4.04. The second-order valence-electron chi connectivity index (χ2n) is 5.53. The Morgan fingerprint density at radius 3 is 1.94 bits per heavy atom. The molecule has 0 saturated heterocycles. The third-order valence-corrected chi connectivity index (χ3v) is 4.22. The molecule has 0 aliphatic heterocycles. The standard InChI is InChI=1S/C13H30N2O/c1-7-12(5,15)10(3)9-16-13(6,8-2)11(4)14/h10-11H,7-9,14-15H2,1-6H3. The van der Waals surface area contributed by atoms with Crippen LogP contribution in [0.4, 0.5) is 0 Å². The van der Waals surface area contributed by atoms with Gasteiger partial charge in [-0.25, -0.2) is 0 Å². The van der Waals surface area contributed by atoms with E-state index in [-0.39, 0.29) is 17.2 Å². The van der Waals surface area contributed by atoms with Gasteiger partial charge in [0, 0.05) is 11.6 Å². The fourth-order valence-corrected chi connectivity index (χ4v) is 1.41. The average Bonchev–Trinajstić information content (AvgIpc) is 2.24. The van der Waals surface area contributed by atoms with Crippen LogP contribution in [0.15, 0.2) is 0 Å². The molecule has 0 fully saturated rings. The van der Waals surface area contributed by atoms with E-state index in [2.05, 4.69) is 34.6 Å². The molecule has 0 aliphatic rings. The van der Waals surface area contributed by atoms with E-state index < -0.39 is 0 Å². The van der Waals surface area contributed by atoms with Crippen LogP contribution in [0.1, 0.15) is 54.4 Å². The Balaban J connectivity index is 4.33. The van der Waals surface area contributed by atoms with Crippen molar-refractivity contribution in [2.24, 2.45) is 17.4 Å². The second-order valence-corrected chi connectivity index (χ2v) is 5.53. The van der Waals surface area contributed by atoms with Gasteiger partial charge in [-0.05, 0) is 39.5 Å². The fraction of sp³-hybridized carbons (Fsp3) is 1.00. The van der Waals surface area contributed by atoms with Crippen LogP contribution in [0.25, 0.3) is 0 Å². The van der Waals surface area contributed by atoms with Crippen LogP contribution in [0, 0.1) is 5.92 Å². The van der Waals surface area contributed by atoms with E-state index in [1.807, 2.05) is 6.92 Å². The minimum absolute atomic E-state index is 0.0374. The van der Waals surface area contributed by atoms with Crippen molar-refractivity contribution in [3.63, 3.8) is 0 Å². The summed E-state index contributed by atoms with van der Waals surface area (Å²) in [5.41, 5.74) is 11.7. The number of rotatable bonds is 7. The molecule has 3 heteroatoms. The zero-order chi connectivity index (χ0) is 13.0. The molecule has 4 atom stereocenters. The van der Waals surface area contributed by atoms with E-state index in [0.29, 0.717) is 12.5 Å². The van der Waals surface area contributed by atoms with Crippen molar-refractivity contribution in [1.29, 1.82) is 0 Å². The first-order valence-electron chi connectivity index (χ1n) is 6.38. The van der Waals surface area contributed by atoms with E-state index in [9.17, 15) is 0 Å². The fourth-order valence-electron chi connectivity index (χ4n) is 1.41. The molecule has 0 rings (SSSR count). The van der Waals surface area contributed by atoms with Crippen molar-refractivity contribution in [2.75, 3.05) is 6.61 Å². The summed E-state index contributed by atoms with van der Waals surface area (Å²) in [7, 11) is 0. The van der Waals surface area contributed by atoms with E-state index in [4.69, 9.17) is 16.2 Å². The van der Waals surface area contributed by atoms with Gasteiger partial charge in [-0.15, -0.1) is 0 Å². The highest BCUT2D eigenvalue weighted by molar-refractivity contribution is 4.86. The van der Waals surface area contributed by atoms with Crippen LogP contribution >= 0.6 is 0 Å². The molecule has 0 aromatic carbocycles. The highest BCUT2D eigenvalue weighted by atomic mass is 16.5. The Bertz CT molecular complexity index is 204. The Labute approximate surface area is 101 Å². The van der Waals surface area contributed by atoms with Crippen molar-refractivity contribution >= 4 is 0 Å². The lowest BCUT2D eigenvalue weighted by molar-refractivity contribution is -0.0699. The SMILES string of the molecule is CCC(C)(N)C(C)COC(C)(CC)C(C)N. The lowest BCUT2D eigenvalue weighted by atomic mass is 9.86. The molecule has 0 aromatic rings. The molecule has 0 bridgehead atoms. The van der Waals surface area contributed by atoms with Gasteiger partial charge in [0.1, 0.15) is 0 Å². The number of hydrogen-bond donors (Lipinski definition) is 2. The van der Waals surface area contributed by atoms with Crippen LogP contribution in [-0.2, 0) is 4.74 Å². The monoisotopic (exact) mass is 230 g/mol. The summed E-state index contributed by atoms with van der Waals surface area (Å²) in [5.74, 6) is 0.335. The van der Waals surface area contributed by atoms with E-state index in [1.54, 1.807) is 0 Å². The van der Waals surface area contributed by atoms with Crippen LogP contribution in [0.5, 0.6) is 0 Å². The maximum Gasteiger partial charge on any atom is 0.0799 e. The third-order valence-electron chi connectivity index (χ3n) is 4.22. The van der Waals surface area contributed by atoms with Crippen molar-refractivity contribution < 1.29 is 4.74 Å². The molecule has 3 nitrogen and oxygen atoms in total. The summed E-state index contributed by atoms with van der Waals surface area (Å²) in [4.78, 5) is 0. The molecule has 4 N–H and O–H groups in total. The lowest BCUT2D eigenvalue weighted by Gasteiger charge is -2.37. The quantitative estimate of drug-likeness (QED) is 0.705. The Kier molecular flexibility index (Phi) is 5.94. The smallest absolute Gasteiger partial charge is 0.0799 e. The van der Waals surface area contributed by atoms with Crippen LogP contribution in [0.3, 0.4) is 0 Å². The topological polar surface area (TPSA) is 61.3 Å². The number of hydrogen-bond acceptors (Lipinski definition) is 3. The van der Waals surface area contributed by atoms with Crippen molar-refractivity contribution in [2.45, 2.75) is 71.6 Å². The predicted molar refractivity (Wildman–Crippen MR) is 70.3 cm³/mol. The Morgan fingerprint density at radius 2 is 1.62 bits per heavy atom. The first-order valence-corrected chi connectivity index (χ1v) is 6.38. The summed E-state index contributed by atoms with van der Waals surface area (Å²) in [6.45, 7) is 13.2. The van der Waals surface area contributed by atoms with Gasteiger partial charge in [-0.1, -0.05) is 20.8 Å². The minimum Gasteiger partial charge on any atom is -0.373 e. The highest BCUT2D eigenvalue weighted by Gasteiger charge is 2.31. The Hall–Kier alpha value is -0.120. The molecule has 16 heavy (non-hydrogen) atoms. The predicted octanol–water partition coefficient (Wildman–Crippen LogP) is 2.28. The molecule has 0 aliphatic carbocycles. The molecule has 0 aromatic heterocycles. The molecule has 98 valence electrons. The van der Waals surface area contributed by atoms with Crippen LogP contribution < -0.4 is 11.5 Å². The number of ether oxygens (including phenoxy) is 1. The summed E-state index contributed by atoms with van der Waals surface area (Å²) in [6, 6.07) is 0.0374. The summed E-state index contributed by atoms with van der Waals surface area (Å²) in [6.07, 6.45) is 1.88. The van der Waals surface area contributed by atoms with Gasteiger partial charge in [0.2, 0.25) is 0 Å². The highest BCUT2D eigenvalue weighted by Crippen LogP contribution is 2.24. The van der Waals surface area contributed by atoms with Gasteiger partial charge >= 0.3 is 0 Å². The first-order chi connectivity index (χ1) is 7.19. The van der Waals surface area contributed by atoms with E-state index in [0.717, 1.165) is 12.8 Å². The van der Waals surface area contributed by atoms with Gasteiger partial charge in [-0.3, -0.25) is 0 Å². The molecule has 0 spiro atoms. The minimum atomic E-state index is -0.238. The van der Waals surface area contributed by atoms with Crippen LogP contribution in [-0.4, -0.2) is 23.8 Å². The first kappa shape index (κ1) is 15.9.